The average molecular weight is 511 g/mol. The van der Waals surface area contributed by atoms with Crippen LogP contribution in [0.15, 0.2) is 42.3 Å². The van der Waals surface area contributed by atoms with Gasteiger partial charge in [0.15, 0.2) is 0 Å². The minimum Gasteiger partial charge on any atom is -0.448 e. The molecule has 2 aliphatic heterocycles. The zero-order valence-electron chi connectivity index (χ0n) is 20.7. The standard InChI is InChI=1S/C24H30N8O3S/c1-14-19(11-31(4)29-14)21-12-32-23(36-21)18(10-26-32)22(33)28-20-8-16(9-25-15(20)2)27-24(34)35-13-17-6-5-7-30(17)3/h8-12,15,17,25H,5-7,13H2,1-4H3,(H,27,34)(H,28,33). The zero-order chi connectivity index (χ0) is 25.4. The molecule has 1 saturated heterocycles. The van der Waals surface area contributed by atoms with E-state index in [1.807, 2.05) is 40.3 Å². The van der Waals surface area contributed by atoms with Crippen molar-refractivity contribution in [3.63, 3.8) is 0 Å². The molecule has 0 radical (unpaired) electrons. The number of thiazole rings is 1. The molecule has 2 unspecified atom stereocenters. The summed E-state index contributed by atoms with van der Waals surface area (Å²) in [5.74, 6) is -0.269. The van der Waals surface area contributed by atoms with Crippen LogP contribution in [-0.2, 0) is 11.8 Å². The van der Waals surface area contributed by atoms with Crippen molar-refractivity contribution >= 4 is 28.2 Å². The number of carbonyl (C=O) groups is 2. The van der Waals surface area contributed by atoms with Crippen LogP contribution in [0.5, 0.6) is 0 Å². The summed E-state index contributed by atoms with van der Waals surface area (Å²) in [6.07, 6.45) is 10.5. The largest absolute Gasteiger partial charge is 0.448 e. The average Bonchev–Trinajstić information content (AvgIpc) is 3.59. The molecule has 11 nitrogen and oxygen atoms in total. The van der Waals surface area contributed by atoms with Gasteiger partial charge >= 0.3 is 6.09 Å². The van der Waals surface area contributed by atoms with Gasteiger partial charge in [-0.3, -0.25) is 14.8 Å². The molecule has 2 aliphatic rings. The van der Waals surface area contributed by atoms with E-state index in [2.05, 4.69) is 31.0 Å². The summed E-state index contributed by atoms with van der Waals surface area (Å²) in [4.78, 5) is 29.4. The summed E-state index contributed by atoms with van der Waals surface area (Å²) in [5, 5.41) is 17.6. The fraction of sp³-hybridized carbons (Fsp3) is 0.417. The van der Waals surface area contributed by atoms with Crippen LogP contribution in [0.1, 0.15) is 35.8 Å². The number of likely N-dealkylation sites (tertiary alicyclic amines) is 1. The predicted molar refractivity (Wildman–Crippen MR) is 136 cm³/mol. The Kier molecular flexibility index (Phi) is 6.54. The Balaban J connectivity index is 1.25. The number of aromatic nitrogens is 4. The number of fused-ring (bicyclic) bond motifs is 1. The summed E-state index contributed by atoms with van der Waals surface area (Å²) in [6, 6.07) is 0.109. The van der Waals surface area contributed by atoms with Gasteiger partial charge in [0.1, 0.15) is 11.4 Å². The SMILES string of the molecule is Cc1nn(C)cc1-c1cn2ncc(C(=O)NC3=CC(NC(=O)OCC4CCCN4C)=CNC3C)c2s1. The first-order valence-electron chi connectivity index (χ1n) is 11.9. The molecule has 3 aromatic heterocycles. The van der Waals surface area contributed by atoms with E-state index in [1.54, 1.807) is 27.7 Å². The highest BCUT2D eigenvalue weighted by atomic mass is 32.1. The Labute approximate surface area is 212 Å². The van der Waals surface area contributed by atoms with Crippen molar-refractivity contribution in [1.82, 2.24) is 40.2 Å². The molecule has 0 spiro atoms. The number of likely N-dealkylation sites (N-methyl/N-ethyl adjacent to an activating group) is 1. The Hall–Kier alpha value is -3.64. The third kappa shape index (κ3) is 4.86. The van der Waals surface area contributed by atoms with E-state index in [1.165, 1.54) is 11.3 Å². The summed E-state index contributed by atoms with van der Waals surface area (Å²) < 4.78 is 8.89. The van der Waals surface area contributed by atoms with Crippen molar-refractivity contribution in [3.05, 3.63) is 53.5 Å². The van der Waals surface area contributed by atoms with Gasteiger partial charge in [-0.1, -0.05) is 0 Å². The van der Waals surface area contributed by atoms with Gasteiger partial charge in [0.2, 0.25) is 0 Å². The van der Waals surface area contributed by atoms with Crippen LogP contribution < -0.4 is 16.0 Å². The van der Waals surface area contributed by atoms with Gasteiger partial charge in [-0.25, -0.2) is 9.31 Å². The number of hydrogen-bond donors (Lipinski definition) is 3. The third-order valence-corrected chi connectivity index (χ3v) is 7.71. The number of amides is 2. The van der Waals surface area contributed by atoms with Crippen LogP contribution >= 0.6 is 11.3 Å². The summed E-state index contributed by atoms with van der Waals surface area (Å²) in [6.45, 7) is 5.26. The lowest BCUT2D eigenvalue weighted by Crippen LogP contribution is -2.39. The molecule has 2 amide bonds. The number of allylic oxidation sites excluding steroid dienone is 1. The summed E-state index contributed by atoms with van der Waals surface area (Å²) >= 11 is 1.49. The molecule has 12 heteroatoms. The molecule has 0 aliphatic carbocycles. The van der Waals surface area contributed by atoms with Gasteiger partial charge in [0.05, 0.1) is 34.1 Å². The number of aryl methyl sites for hydroxylation is 2. The van der Waals surface area contributed by atoms with Gasteiger partial charge in [-0.05, 0) is 46.4 Å². The molecular weight excluding hydrogens is 480 g/mol. The highest BCUT2D eigenvalue weighted by Gasteiger charge is 2.24. The van der Waals surface area contributed by atoms with Crippen molar-refractivity contribution in [2.45, 2.75) is 38.8 Å². The lowest BCUT2D eigenvalue weighted by atomic mass is 10.1. The second kappa shape index (κ2) is 9.78. The maximum atomic E-state index is 13.2. The van der Waals surface area contributed by atoms with Crippen LogP contribution in [-0.4, -0.2) is 68.6 Å². The smallest absolute Gasteiger partial charge is 0.411 e. The van der Waals surface area contributed by atoms with Gasteiger partial charge < -0.3 is 20.3 Å². The van der Waals surface area contributed by atoms with Crippen LogP contribution in [0.2, 0.25) is 0 Å². The maximum absolute atomic E-state index is 13.2. The zero-order valence-corrected chi connectivity index (χ0v) is 21.6. The van der Waals surface area contributed by atoms with Crippen LogP contribution in [0.3, 0.4) is 0 Å². The van der Waals surface area contributed by atoms with Crippen LogP contribution in [0.25, 0.3) is 15.3 Å². The molecule has 1 fully saturated rings. The van der Waals surface area contributed by atoms with Crippen molar-refractivity contribution < 1.29 is 14.3 Å². The topological polar surface area (TPSA) is 118 Å². The van der Waals surface area contributed by atoms with Crippen molar-refractivity contribution in [2.24, 2.45) is 7.05 Å². The van der Waals surface area contributed by atoms with Crippen molar-refractivity contribution in [1.29, 1.82) is 0 Å². The molecule has 0 bridgehead atoms. The van der Waals surface area contributed by atoms with E-state index in [0.717, 1.165) is 40.4 Å². The number of ether oxygens (including phenoxy) is 1. The van der Waals surface area contributed by atoms with E-state index in [-0.39, 0.29) is 18.0 Å². The van der Waals surface area contributed by atoms with Gasteiger partial charge in [0.25, 0.3) is 5.91 Å². The highest BCUT2D eigenvalue weighted by Crippen LogP contribution is 2.32. The lowest BCUT2D eigenvalue weighted by molar-refractivity contribution is 0.0964. The fourth-order valence-corrected chi connectivity index (χ4v) is 5.60. The number of rotatable bonds is 6. The van der Waals surface area contributed by atoms with Gasteiger partial charge in [-0.2, -0.15) is 10.2 Å². The van der Waals surface area contributed by atoms with E-state index < -0.39 is 6.09 Å². The first-order chi connectivity index (χ1) is 17.3. The van der Waals surface area contributed by atoms with Gasteiger partial charge in [-0.15, -0.1) is 11.3 Å². The van der Waals surface area contributed by atoms with E-state index in [4.69, 9.17) is 4.74 Å². The van der Waals surface area contributed by atoms with Crippen LogP contribution in [0, 0.1) is 6.92 Å². The Morgan fingerprint density at radius 2 is 2.11 bits per heavy atom. The summed E-state index contributed by atoms with van der Waals surface area (Å²) in [7, 11) is 3.92. The number of carbonyl (C=O) groups excluding carboxylic acids is 2. The van der Waals surface area contributed by atoms with E-state index in [9.17, 15) is 9.59 Å². The van der Waals surface area contributed by atoms with Crippen LogP contribution in [0.4, 0.5) is 4.79 Å². The number of dihydropyridines is 1. The summed E-state index contributed by atoms with van der Waals surface area (Å²) in [5.41, 5.74) is 3.55. The van der Waals surface area contributed by atoms with E-state index >= 15 is 0 Å². The Morgan fingerprint density at radius 3 is 2.83 bits per heavy atom. The Morgan fingerprint density at radius 1 is 1.28 bits per heavy atom. The second-order valence-corrected chi connectivity index (χ2v) is 10.3. The molecular formula is C24H30N8O3S. The number of hydrogen-bond acceptors (Lipinski definition) is 8. The van der Waals surface area contributed by atoms with Gasteiger partial charge in [0, 0.05) is 42.9 Å². The fourth-order valence-electron chi connectivity index (χ4n) is 4.48. The first-order valence-corrected chi connectivity index (χ1v) is 12.7. The quantitative estimate of drug-likeness (QED) is 0.466. The monoisotopic (exact) mass is 510 g/mol. The molecule has 5 heterocycles. The molecule has 2 atom stereocenters. The first kappa shape index (κ1) is 24.1. The molecule has 190 valence electrons. The highest BCUT2D eigenvalue weighted by molar-refractivity contribution is 7.21. The minimum absolute atomic E-state index is 0.148. The number of alkyl carbamates (subject to hydrolysis) is 1. The lowest BCUT2D eigenvalue weighted by Gasteiger charge is -2.23. The molecule has 3 aromatic rings. The molecule has 0 aromatic carbocycles. The molecule has 36 heavy (non-hydrogen) atoms. The van der Waals surface area contributed by atoms with Crippen molar-refractivity contribution in [2.75, 3.05) is 20.2 Å². The normalized spacial score (nSPS) is 20.1. The molecule has 5 rings (SSSR count). The maximum Gasteiger partial charge on any atom is 0.411 e. The molecule has 0 saturated carbocycles. The second-order valence-electron chi connectivity index (χ2n) is 9.25. The third-order valence-electron chi connectivity index (χ3n) is 6.57. The number of nitrogens with one attached hydrogen (secondary N) is 3. The minimum atomic E-state index is -0.519. The number of nitrogens with zero attached hydrogens (tertiary/aromatic N) is 5. The molecule has 3 N–H and O–H groups in total. The van der Waals surface area contributed by atoms with Crippen molar-refractivity contribution in [3.8, 4) is 10.4 Å². The van der Waals surface area contributed by atoms with E-state index in [0.29, 0.717) is 23.6 Å². The predicted octanol–water partition coefficient (Wildman–Crippen LogP) is 2.37. The Bertz CT molecular complexity index is 1370.